The molecule has 0 spiro atoms. The fourth-order valence-electron chi connectivity index (χ4n) is 5.04. The third-order valence-corrected chi connectivity index (χ3v) is 6.67. The number of aryl methyl sites for hydroxylation is 1. The summed E-state index contributed by atoms with van der Waals surface area (Å²) >= 11 is 0. The number of methoxy groups -OCH3 is 1. The number of para-hydroxylation sites is 1. The second-order valence-corrected chi connectivity index (χ2v) is 9.96. The summed E-state index contributed by atoms with van der Waals surface area (Å²) in [4.78, 5) is 23.5. The molecule has 0 radical (unpaired) electrons. The molecule has 176 valence electrons. The summed E-state index contributed by atoms with van der Waals surface area (Å²) in [7, 11) is 1.71. The highest BCUT2D eigenvalue weighted by Crippen LogP contribution is 2.31. The topological polar surface area (TPSA) is 75.5 Å². The van der Waals surface area contributed by atoms with Crippen molar-refractivity contribution in [3.8, 4) is 5.75 Å². The monoisotopic (exact) mass is 457 g/mol. The molecule has 5 rings (SSSR count). The number of likely N-dealkylation sites (tertiary alicyclic amines) is 1. The molecule has 1 aliphatic rings. The fourth-order valence-corrected chi connectivity index (χ4v) is 5.04. The molecular weight excluding hydrogens is 426 g/mol. The van der Waals surface area contributed by atoms with Gasteiger partial charge in [-0.05, 0) is 61.6 Å². The van der Waals surface area contributed by atoms with Gasteiger partial charge in [0.2, 0.25) is 0 Å². The summed E-state index contributed by atoms with van der Waals surface area (Å²) in [5.41, 5.74) is 4.20. The number of rotatable bonds is 5. The van der Waals surface area contributed by atoms with E-state index < -0.39 is 0 Å². The van der Waals surface area contributed by atoms with E-state index in [1.165, 1.54) is 17.5 Å². The van der Waals surface area contributed by atoms with E-state index in [0.29, 0.717) is 22.3 Å². The van der Waals surface area contributed by atoms with Gasteiger partial charge < -0.3 is 9.72 Å². The molecule has 1 N–H and O–H groups in total. The van der Waals surface area contributed by atoms with Crippen molar-refractivity contribution in [1.82, 2.24) is 19.5 Å². The van der Waals surface area contributed by atoms with Crippen molar-refractivity contribution in [2.75, 3.05) is 20.2 Å². The standard InChI is InChI=1S/C27H31N5O2/c1-18-29-24-21-8-5-6-9-22(21)30-25(24)26(33)32(18)28-15-19-10-11-23(34-4)20(14-19)16-31-13-7-12-27(2,3)17-31/h5-6,8-11,14-15,30H,7,12-13,16-17H2,1-4H3. The first-order valence-corrected chi connectivity index (χ1v) is 11.8. The van der Waals surface area contributed by atoms with Gasteiger partial charge in [0.05, 0.1) is 13.3 Å². The molecular formula is C27H31N5O2. The number of benzene rings is 2. The zero-order valence-corrected chi connectivity index (χ0v) is 20.3. The number of piperidine rings is 1. The zero-order valence-electron chi connectivity index (χ0n) is 20.3. The van der Waals surface area contributed by atoms with Gasteiger partial charge in [-0.25, -0.2) is 4.98 Å². The Morgan fingerprint density at radius 1 is 1.24 bits per heavy atom. The largest absolute Gasteiger partial charge is 0.496 e. The predicted octanol–water partition coefficient (Wildman–Crippen LogP) is 4.70. The number of ether oxygens (including phenoxy) is 1. The molecule has 4 aromatic rings. The van der Waals surface area contributed by atoms with Gasteiger partial charge >= 0.3 is 0 Å². The number of aromatic amines is 1. The highest BCUT2D eigenvalue weighted by Gasteiger charge is 2.26. The molecule has 0 bridgehead atoms. The summed E-state index contributed by atoms with van der Waals surface area (Å²) in [5, 5.41) is 5.44. The van der Waals surface area contributed by atoms with Gasteiger partial charge in [0, 0.05) is 29.6 Å². The van der Waals surface area contributed by atoms with Crippen LogP contribution >= 0.6 is 0 Å². The minimum atomic E-state index is -0.209. The van der Waals surface area contributed by atoms with Crippen molar-refractivity contribution in [1.29, 1.82) is 0 Å². The Morgan fingerprint density at radius 3 is 2.85 bits per heavy atom. The van der Waals surface area contributed by atoms with Crippen LogP contribution in [-0.4, -0.2) is 46.0 Å². The van der Waals surface area contributed by atoms with E-state index in [4.69, 9.17) is 4.74 Å². The number of hydrogen-bond acceptors (Lipinski definition) is 5. The minimum absolute atomic E-state index is 0.209. The summed E-state index contributed by atoms with van der Waals surface area (Å²) < 4.78 is 6.99. The van der Waals surface area contributed by atoms with Crippen LogP contribution in [0.4, 0.5) is 0 Å². The van der Waals surface area contributed by atoms with E-state index in [2.05, 4.69) is 39.9 Å². The lowest BCUT2D eigenvalue weighted by molar-refractivity contribution is 0.111. The van der Waals surface area contributed by atoms with Crippen LogP contribution < -0.4 is 10.3 Å². The lowest BCUT2D eigenvalue weighted by Crippen LogP contribution is -2.39. The number of aromatic nitrogens is 3. The molecule has 0 unspecified atom stereocenters. The molecule has 34 heavy (non-hydrogen) atoms. The van der Waals surface area contributed by atoms with Crippen LogP contribution in [0, 0.1) is 12.3 Å². The lowest BCUT2D eigenvalue weighted by atomic mass is 9.84. The first-order valence-electron chi connectivity index (χ1n) is 11.8. The van der Waals surface area contributed by atoms with E-state index >= 15 is 0 Å². The van der Waals surface area contributed by atoms with Crippen LogP contribution in [0.15, 0.2) is 52.4 Å². The molecule has 7 heteroatoms. The Balaban J connectivity index is 1.46. The van der Waals surface area contributed by atoms with Gasteiger partial charge in [0.15, 0.2) is 0 Å². The first-order chi connectivity index (χ1) is 16.3. The second-order valence-electron chi connectivity index (χ2n) is 9.96. The third-order valence-electron chi connectivity index (χ3n) is 6.67. The molecule has 1 aliphatic heterocycles. The van der Waals surface area contributed by atoms with Gasteiger partial charge in [-0.3, -0.25) is 9.69 Å². The minimum Gasteiger partial charge on any atom is -0.496 e. The van der Waals surface area contributed by atoms with E-state index in [1.807, 2.05) is 36.4 Å². The highest BCUT2D eigenvalue weighted by atomic mass is 16.5. The van der Waals surface area contributed by atoms with Crippen molar-refractivity contribution in [2.24, 2.45) is 10.5 Å². The van der Waals surface area contributed by atoms with Gasteiger partial charge in [-0.2, -0.15) is 9.78 Å². The Labute approximate surface area is 199 Å². The number of nitrogens with one attached hydrogen (secondary N) is 1. The normalized spacial score (nSPS) is 16.6. The van der Waals surface area contributed by atoms with E-state index in [1.54, 1.807) is 20.2 Å². The number of H-pyrrole nitrogens is 1. The highest BCUT2D eigenvalue weighted by molar-refractivity contribution is 6.04. The number of nitrogens with zero attached hydrogens (tertiary/aromatic N) is 4. The van der Waals surface area contributed by atoms with E-state index in [9.17, 15) is 4.79 Å². The maximum atomic E-state index is 13.2. The van der Waals surface area contributed by atoms with Crippen LogP contribution in [-0.2, 0) is 6.54 Å². The van der Waals surface area contributed by atoms with Crippen LogP contribution in [0.3, 0.4) is 0 Å². The summed E-state index contributed by atoms with van der Waals surface area (Å²) in [6, 6.07) is 13.8. The Hall–Kier alpha value is -3.45. The fraction of sp³-hybridized carbons (Fsp3) is 0.370. The van der Waals surface area contributed by atoms with Gasteiger partial charge in [-0.15, -0.1) is 0 Å². The molecule has 1 saturated heterocycles. The second kappa shape index (κ2) is 8.72. The van der Waals surface area contributed by atoms with Crippen LogP contribution in [0.25, 0.3) is 21.9 Å². The summed E-state index contributed by atoms with van der Waals surface area (Å²) in [6.45, 7) is 9.46. The smallest absolute Gasteiger partial charge is 0.298 e. The lowest BCUT2D eigenvalue weighted by Gasteiger charge is -2.38. The average Bonchev–Trinajstić information content (AvgIpc) is 3.17. The van der Waals surface area contributed by atoms with Gasteiger partial charge in [0.1, 0.15) is 22.6 Å². The third kappa shape index (κ3) is 4.23. The Bertz CT molecular complexity index is 1450. The van der Waals surface area contributed by atoms with Crippen molar-refractivity contribution in [3.63, 3.8) is 0 Å². The molecule has 0 aliphatic carbocycles. The van der Waals surface area contributed by atoms with Crippen LogP contribution in [0.2, 0.25) is 0 Å². The molecule has 2 aromatic carbocycles. The summed E-state index contributed by atoms with van der Waals surface area (Å²) in [5.74, 6) is 1.41. The molecule has 0 saturated carbocycles. The van der Waals surface area contributed by atoms with Crippen molar-refractivity contribution < 1.29 is 4.74 Å². The average molecular weight is 458 g/mol. The quantitative estimate of drug-likeness (QED) is 0.441. The van der Waals surface area contributed by atoms with Crippen molar-refractivity contribution in [3.05, 3.63) is 69.8 Å². The Kier molecular flexibility index (Phi) is 5.73. The number of fused-ring (bicyclic) bond motifs is 3. The number of hydrogen-bond donors (Lipinski definition) is 1. The van der Waals surface area contributed by atoms with Gasteiger partial charge in [0.25, 0.3) is 5.56 Å². The molecule has 0 atom stereocenters. The molecule has 1 fully saturated rings. The van der Waals surface area contributed by atoms with Crippen molar-refractivity contribution >= 4 is 28.2 Å². The van der Waals surface area contributed by atoms with Crippen LogP contribution in [0.5, 0.6) is 5.75 Å². The molecule has 2 aromatic heterocycles. The molecule has 7 nitrogen and oxygen atoms in total. The van der Waals surface area contributed by atoms with E-state index in [-0.39, 0.29) is 5.56 Å². The van der Waals surface area contributed by atoms with Crippen molar-refractivity contribution in [2.45, 2.75) is 40.2 Å². The maximum absolute atomic E-state index is 13.2. The summed E-state index contributed by atoms with van der Waals surface area (Å²) in [6.07, 6.45) is 4.19. The predicted molar refractivity (Wildman–Crippen MR) is 137 cm³/mol. The Morgan fingerprint density at radius 2 is 2.06 bits per heavy atom. The SMILES string of the molecule is COc1ccc(C=Nn2c(C)nc3c([nH]c4ccccc43)c2=O)cc1CN1CCCC(C)(C)C1. The maximum Gasteiger partial charge on any atom is 0.298 e. The molecule has 0 amide bonds. The van der Waals surface area contributed by atoms with Crippen LogP contribution in [0.1, 0.15) is 43.6 Å². The first kappa shape index (κ1) is 22.3. The molecule has 3 heterocycles. The van der Waals surface area contributed by atoms with E-state index in [0.717, 1.165) is 47.4 Å². The zero-order chi connectivity index (χ0) is 23.9. The van der Waals surface area contributed by atoms with Gasteiger partial charge in [-0.1, -0.05) is 32.0 Å².